The normalized spacial score (nSPS) is 14.7. The van der Waals surface area contributed by atoms with Gasteiger partial charge >= 0.3 is 12.1 Å². The number of hydrogen-bond acceptors (Lipinski definition) is 7. The Balaban J connectivity index is 1.40. The number of carbonyl (C=O) groups is 3. The van der Waals surface area contributed by atoms with Crippen molar-refractivity contribution < 1.29 is 41.5 Å². The van der Waals surface area contributed by atoms with Crippen LogP contribution in [0.1, 0.15) is 40.9 Å². The van der Waals surface area contributed by atoms with Gasteiger partial charge in [-0.25, -0.2) is 9.18 Å². The van der Waals surface area contributed by atoms with Crippen molar-refractivity contribution in [2.75, 3.05) is 11.9 Å². The summed E-state index contributed by atoms with van der Waals surface area (Å²) >= 11 is 12.1. The van der Waals surface area contributed by atoms with Crippen LogP contribution in [-0.4, -0.2) is 41.3 Å². The van der Waals surface area contributed by atoms with E-state index in [-0.39, 0.29) is 43.7 Å². The van der Waals surface area contributed by atoms with Gasteiger partial charge in [0.25, 0.3) is 5.91 Å². The second-order valence-electron chi connectivity index (χ2n) is 10.4. The molecule has 0 radical (unpaired) electrons. The summed E-state index contributed by atoms with van der Waals surface area (Å²) in [6, 6.07) is 13.2. The maximum absolute atomic E-state index is 15.5. The van der Waals surface area contributed by atoms with Crippen LogP contribution in [-0.2, 0) is 16.1 Å². The number of halogens is 6. The van der Waals surface area contributed by atoms with Crippen LogP contribution in [0, 0.1) is 17.1 Å². The van der Waals surface area contributed by atoms with Gasteiger partial charge in [-0.2, -0.15) is 23.2 Å². The molecule has 5 rings (SSSR count). The van der Waals surface area contributed by atoms with E-state index in [0.29, 0.717) is 23.4 Å². The SMILES string of the molecule is N#Cc1cc(Cl)cc(Oc2c(Cl)ccc(CNC(=O)c3cc4cc(NC(=O)[C@@H]5CCCCN5)ccc4n3OC(=O)C(F)(F)F)c2F)c1. The zero-order valence-corrected chi connectivity index (χ0v) is 25.5. The highest BCUT2D eigenvalue weighted by atomic mass is 35.5. The number of aromatic nitrogens is 1. The summed E-state index contributed by atoms with van der Waals surface area (Å²) in [6.45, 7) is 0.185. The Labute approximate surface area is 274 Å². The number of benzene rings is 3. The summed E-state index contributed by atoms with van der Waals surface area (Å²) < 4.78 is 60.9. The highest BCUT2D eigenvalue weighted by Crippen LogP contribution is 2.35. The van der Waals surface area contributed by atoms with Crippen molar-refractivity contribution in [3.63, 3.8) is 0 Å². The van der Waals surface area contributed by atoms with E-state index in [9.17, 15) is 27.6 Å². The molecule has 47 heavy (non-hydrogen) atoms. The Kier molecular flexibility index (Phi) is 9.90. The lowest BCUT2D eigenvalue weighted by atomic mass is 10.0. The molecule has 2 amide bonds. The van der Waals surface area contributed by atoms with Gasteiger partial charge in [0.05, 0.1) is 28.2 Å². The number of carbonyl (C=O) groups excluding carboxylic acids is 3. The average Bonchev–Trinajstić information content (AvgIpc) is 3.39. The van der Waals surface area contributed by atoms with E-state index in [4.69, 9.17) is 33.2 Å². The summed E-state index contributed by atoms with van der Waals surface area (Å²) in [5.74, 6) is -5.32. The number of piperidine rings is 1. The Bertz CT molecular complexity index is 1920. The summed E-state index contributed by atoms with van der Waals surface area (Å²) in [4.78, 5) is 42.3. The lowest BCUT2D eigenvalue weighted by Gasteiger charge is -2.22. The first-order valence-corrected chi connectivity index (χ1v) is 14.7. The molecule has 0 saturated carbocycles. The zero-order valence-electron chi connectivity index (χ0n) is 24.0. The molecule has 1 atom stereocenters. The minimum Gasteiger partial charge on any atom is -0.453 e. The molecule has 3 N–H and O–H groups in total. The van der Waals surface area contributed by atoms with Crippen molar-refractivity contribution in [2.45, 2.75) is 38.0 Å². The highest BCUT2D eigenvalue weighted by molar-refractivity contribution is 6.32. The number of nitriles is 1. The molecule has 0 unspecified atom stereocenters. The molecule has 3 aromatic carbocycles. The molecule has 10 nitrogen and oxygen atoms in total. The van der Waals surface area contributed by atoms with Gasteiger partial charge in [0, 0.05) is 28.2 Å². The third-order valence-corrected chi connectivity index (χ3v) is 7.59. The molecule has 0 aliphatic carbocycles. The van der Waals surface area contributed by atoms with Crippen LogP contribution in [0.15, 0.2) is 54.6 Å². The van der Waals surface area contributed by atoms with Crippen molar-refractivity contribution >= 4 is 57.6 Å². The molecule has 1 aliphatic rings. The van der Waals surface area contributed by atoms with E-state index in [1.54, 1.807) is 0 Å². The van der Waals surface area contributed by atoms with E-state index < -0.39 is 47.9 Å². The predicted molar refractivity (Wildman–Crippen MR) is 163 cm³/mol. The predicted octanol–water partition coefficient (Wildman–Crippen LogP) is 6.28. The van der Waals surface area contributed by atoms with Crippen molar-refractivity contribution in [3.8, 4) is 17.6 Å². The van der Waals surface area contributed by atoms with Gasteiger partial charge in [0.2, 0.25) is 5.91 Å². The Morgan fingerprint density at radius 2 is 1.85 bits per heavy atom. The summed E-state index contributed by atoms with van der Waals surface area (Å²) in [5.41, 5.74) is -0.308. The molecule has 0 spiro atoms. The maximum atomic E-state index is 15.5. The first-order valence-electron chi connectivity index (χ1n) is 14.0. The van der Waals surface area contributed by atoms with Gasteiger partial charge in [0.15, 0.2) is 11.6 Å². The third-order valence-electron chi connectivity index (χ3n) is 7.08. The largest absolute Gasteiger partial charge is 0.493 e. The monoisotopic (exact) mass is 691 g/mol. The number of hydrogen-bond donors (Lipinski definition) is 3. The molecule has 1 fully saturated rings. The van der Waals surface area contributed by atoms with Gasteiger partial charge in [-0.1, -0.05) is 35.7 Å². The van der Waals surface area contributed by atoms with Crippen molar-refractivity contribution in [1.82, 2.24) is 15.4 Å². The van der Waals surface area contributed by atoms with E-state index >= 15 is 4.39 Å². The van der Waals surface area contributed by atoms with E-state index in [0.717, 1.165) is 18.9 Å². The summed E-state index contributed by atoms with van der Waals surface area (Å²) in [7, 11) is 0. The van der Waals surface area contributed by atoms with Crippen LogP contribution in [0.2, 0.25) is 10.0 Å². The van der Waals surface area contributed by atoms with Gasteiger partial charge in [-0.3, -0.25) is 9.59 Å². The van der Waals surface area contributed by atoms with Crippen LogP contribution in [0.4, 0.5) is 23.2 Å². The van der Waals surface area contributed by atoms with Crippen LogP contribution >= 0.6 is 23.2 Å². The lowest BCUT2D eigenvalue weighted by Crippen LogP contribution is -2.43. The minimum absolute atomic E-state index is 0.0117. The molecule has 2 heterocycles. The number of amides is 2. The standard InChI is InChI=1S/C31H23Cl2F4N5O5/c32-19-9-16(14-38)10-21(13-19)46-27-22(33)6-4-17(26(27)34)15-40-29(44)25-12-18-11-20(41-28(43)23-3-1-2-8-39-23)5-7-24(18)42(25)47-30(45)31(35,36)37/h4-7,9-13,23,39H,1-3,8,15H2,(H,40,44)(H,41,43)/t23-/m0/s1. The lowest BCUT2D eigenvalue weighted by molar-refractivity contribution is -0.199. The number of ether oxygens (including phenoxy) is 1. The van der Waals surface area contributed by atoms with Gasteiger partial charge in [0.1, 0.15) is 11.4 Å². The van der Waals surface area contributed by atoms with E-state index in [1.807, 2.05) is 6.07 Å². The van der Waals surface area contributed by atoms with E-state index in [1.165, 1.54) is 48.5 Å². The Hall–Kier alpha value is -4.84. The van der Waals surface area contributed by atoms with Gasteiger partial charge in [-0.05, 0) is 67.9 Å². The van der Waals surface area contributed by atoms with Crippen molar-refractivity contribution in [2.24, 2.45) is 0 Å². The van der Waals surface area contributed by atoms with Gasteiger partial charge < -0.3 is 25.5 Å². The minimum atomic E-state index is -5.38. The Morgan fingerprint density at radius 3 is 2.55 bits per heavy atom. The van der Waals surface area contributed by atoms with Crippen LogP contribution in [0.3, 0.4) is 0 Å². The fourth-order valence-electron chi connectivity index (χ4n) is 4.84. The van der Waals surface area contributed by atoms with Crippen LogP contribution in [0.25, 0.3) is 10.9 Å². The fourth-order valence-corrected chi connectivity index (χ4v) is 5.25. The summed E-state index contributed by atoms with van der Waals surface area (Å²) in [6.07, 6.45) is -2.94. The second kappa shape index (κ2) is 13.9. The maximum Gasteiger partial charge on any atom is 0.493 e. The van der Waals surface area contributed by atoms with E-state index in [2.05, 4.69) is 20.8 Å². The topological polar surface area (TPSA) is 134 Å². The molecule has 16 heteroatoms. The smallest absolute Gasteiger partial charge is 0.453 e. The zero-order chi connectivity index (χ0) is 33.9. The number of rotatable bonds is 8. The molecule has 1 aliphatic heterocycles. The first kappa shape index (κ1) is 33.5. The number of anilines is 1. The molecule has 244 valence electrons. The van der Waals surface area contributed by atoms with Crippen molar-refractivity contribution in [3.05, 3.63) is 87.3 Å². The number of nitrogens with zero attached hydrogens (tertiary/aromatic N) is 2. The summed E-state index contributed by atoms with van der Waals surface area (Å²) in [5, 5.41) is 17.5. The number of alkyl halides is 3. The molecule has 1 aromatic heterocycles. The molecular formula is C31H23Cl2F4N5O5. The number of nitrogens with one attached hydrogen (secondary N) is 3. The highest BCUT2D eigenvalue weighted by Gasteiger charge is 2.42. The third kappa shape index (κ3) is 7.76. The first-order chi connectivity index (χ1) is 22.3. The van der Waals surface area contributed by atoms with Crippen LogP contribution < -0.4 is 25.5 Å². The molecule has 4 aromatic rings. The van der Waals surface area contributed by atoms with Gasteiger partial charge in [-0.15, -0.1) is 0 Å². The average molecular weight is 692 g/mol. The molecular weight excluding hydrogens is 669 g/mol. The number of fused-ring (bicyclic) bond motifs is 1. The van der Waals surface area contributed by atoms with Crippen molar-refractivity contribution in [1.29, 1.82) is 5.26 Å². The molecule has 1 saturated heterocycles. The fraction of sp³-hybridized carbons (Fsp3) is 0.226. The van der Waals surface area contributed by atoms with Crippen LogP contribution in [0.5, 0.6) is 11.5 Å². The quantitative estimate of drug-likeness (QED) is 0.185. The Morgan fingerprint density at radius 1 is 1.06 bits per heavy atom. The molecule has 0 bridgehead atoms. The second-order valence-corrected chi connectivity index (χ2v) is 11.2.